The van der Waals surface area contributed by atoms with Gasteiger partial charge < -0.3 is 20.3 Å². The lowest BCUT2D eigenvalue weighted by Crippen LogP contribution is -2.43. The maximum Gasteiger partial charge on any atom is 0.255 e. The summed E-state index contributed by atoms with van der Waals surface area (Å²) in [7, 11) is 2.16. The van der Waals surface area contributed by atoms with E-state index in [0.717, 1.165) is 49.5 Å². The van der Waals surface area contributed by atoms with E-state index in [4.69, 9.17) is 11.6 Å². The van der Waals surface area contributed by atoms with E-state index in [-0.39, 0.29) is 11.7 Å². The monoisotopic (exact) mass is 551 g/mol. The Morgan fingerprint density at radius 2 is 1.73 bits per heavy atom. The zero-order chi connectivity index (χ0) is 27.6. The van der Waals surface area contributed by atoms with Gasteiger partial charge in [-0.1, -0.05) is 41.9 Å². The number of amides is 1. The first kappa shape index (κ1) is 26.1. The van der Waals surface area contributed by atoms with Crippen molar-refractivity contribution in [2.75, 3.05) is 38.5 Å². The summed E-state index contributed by atoms with van der Waals surface area (Å²) in [5, 5.41) is 14.2. The molecule has 1 aromatic heterocycles. The van der Waals surface area contributed by atoms with Crippen molar-refractivity contribution in [3.63, 3.8) is 0 Å². The summed E-state index contributed by atoms with van der Waals surface area (Å²) >= 11 is 6.17. The van der Waals surface area contributed by atoms with Crippen molar-refractivity contribution in [2.45, 2.75) is 6.54 Å². The number of halogens is 1. The molecule has 1 saturated heterocycles. The van der Waals surface area contributed by atoms with Crippen LogP contribution in [0.25, 0.3) is 33.5 Å². The molecule has 0 spiro atoms. The first-order valence-electron chi connectivity index (χ1n) is 13.3. The molecule has 2 heterocycles. The number of carbonyl (C=O) groups excluding carboxylic acids is 1. The van der Waals surface area contributed by atoms with Crippen LogP contribution in [0.3, 0.4) is 0 Å². The van der Waals surface area contributed by atoms with Crippen LogP contribution >= 0.6 is 11.6 Å². The summed E-state index contributed by atoms with van der Waals surface area (Å²) < 4.78 is 0. The molecule has 202 valence electrons. The van der Waals surface area contributed by atoms with E-state index in [1.54, 1.807) is 24.3 Å². The number of phenols is 1. The Balaban J connectivity index is 1.17. The Morgan fingerprint density at radius 1 is 0.950 bits per heavy atom. The van der Waals surface area contributed by atoms with Crippen LogP contribution in [0.15, 0.2) is 84.9 Å². The molecule has 6 rings (SSSR count). The van der Waals surface area contributed by atoms with Crippen LogP contribution in [0.4, 0.5) is 5.69 Å². The molecule has 4 aromatic carbocycles. The van der Waals surface area contributed by atoms with E-state index in [1.165, 1.54) is 5.56 Å². The predicted octanol–water partition coefficient (Wildman–Crippen LogP) is 6.26. The summed E-state index contributed by atoms with van der Waals surface area (Å²) in [5.74, 6) is 0.430. The van der Waals surface area contributed by atoms with Gasteiger partial charge in [0.1, 0.15) is 11.6 Å². The second-order valence-corrected chi connectivity index (χ2v) is 10.7. The lowest BCUT2D eigenvalue weighted by atomic mass is 10.0. The average molecular weight is 552 g/mol. The van der Waals surface area contributed by atoms with Gasteiger partial charge in [0.15, 0.2) is 0 Å². The summed E-state index contributed by atoms with van der Waals surface area (Å²) in [6, 6.07) is 26.3. The molecular formula is C32H30ClN5O2. The molecule has 1 aliphatic heterocycles. The number of anilines is 1. The predicted molar refractivity (Wildman–Crippen MR) is 161 cm³/mol. The van der Waals surface area contributed by atoms with E-state index < -0.39 is 0 Å². The second-order valence-electron chi connectivity index (χ2n) is 10.3. The molecule has 0 saturated carbocycles. The van der Waals surface area contributed by atoms with Gasteiger partial charge in [0, 0.05) is 49.0 Å². The van der Waals surface area contributed by atoms with Gasteiger partial charge in [0.25, 0.3) is 5.91 Å². The largest absolute Gasteiger partial charge is 0.507 e. The quantitative estimate of drug-likeness (QED) is 0.232. The Labute approximate surface area is 238 Å². The number of hydrogen-bond donors (Lipinski definition) is 3. The molecule has 1 aliphatic rings. The Bertz CT molecular complexity index is 1670. The fourth-order valence-electron chi connectivity index (χ4n) is 5.01. The minimum absolute atomic E-state index is 0.110. The van der Waals surface area contributed by atoms with Gasteiger partial charge in [0.05, 0.1) is 16.6 Å². The summed E-state index contributed by atoms with van der Waals surface area (Å²) in [6.45, 7) is 5.23. The second kappa shape index (κ2) is 11.1. The standard InChI is InChI=1S/C32H30ClN5O2/c1-37-13-15-38(16-14-37)20-21-5-9-26(10-6-21)34-32(40)24-7-11-28-29(19-24)36-31(35-28)27-18-23(8-12-30(27)39)22-3-2-4-25(33)17-22/h2-12,17-19,39H,13-16,20H2,1H3,(H,34,40)(H,35,36). The van der Waals surface area contributed by atoms with Gasteiger partial charge in [-0.05, 0) is 78.3 Å². The molecule has 0 aliphatic carbocycles. The van der Waals surface area contributed by atoms with Crippen molar-refractivity contribution in [1.82, 2.24) is 19.8 Å². The first-order valence-corrected chi connectivity index (χ1v) is 13.7. The number of benzene rings is 4. The van der Waals surface area contributed by atoms with E-state index in [2.05, 4.69) is 44.3 Å². The Morgan fingerprint density at radius 3 is 2.50 bits per heavy atom. The third-order valence-electron chi connectivity index (χ3n) is 7.37. The van der Waals surface area contributed by atoms with Crippen LogP contribution in [0.5, 0.6) is 5.75 Å². The number of aromatic amines is 1. The number of nitrogens with one attached hydrogen (secondary N) is 2. The molecule has 5 aromatic rings. The summed E-state index contributed by atoms with van der Waals surface area (Å²) in [4.78, 5) is 25.8. The Hall–Kier alpha value is -4.17. The number of rotatable bonds is 6. The number of aromatic nitrogens is 2. The normalized spacial score (nSPS) is 14.4. The third kappa shape index (κ3) is 5.72. The molecule has 0 bridgehead atoms. The number of H-pyrrole nitrogens is 1. The highest BCUT2D eigenvalue weighted by Gasteiger charge is 2.15. The van der Waals surface area contributed by atoms with Crippen LogP contribution in [0.2, 0.25) is 5.02 Å². The van der Waals surface area contributed by atoms with Crippen LogP contribution in [-0.2, 0) is 6.54 Å². The van der Waals surface area contributed by atoms with E-state index in [0.29, 0.717) is 33.0 Å². The maximum atomic E-state index is 13.0. The van der Waals surface area contributed by atoms with Gasteiger partial charge >= 0.3 is 0 Å². The van der Waals surface area contributed by atoms with Gasteiger partial charge in [-0.3, -0.25) is 9.69 Å². The highest BCUT2D eigenvalue weighted by atomic mass is 35.5. The number of carbonyl (C=O) groups is 1. The fourth-order valence-corrected chi connectivity index (χ4v) is 5.20. The lowest BCUT2D eigenvalue weighted by Gasteiger charge is -2.32. The number of imidazole rings is 1. The molecular weight excluding hydrogens is 522 g/mol. The van der Waals surface area contributed by atoms with Crippen LogP contribution in [-0.4, -0.2) is 64.0 Å². The summed E-state index contributed by atoms with van der Waals surface area (Å²) in [6.07, 6.45) is 0. The number of nitrogens with zero attached hydrogens (tertiary/aromatic N) is 3. The van der Waals surface area contributed by atoms with Crippen molar-refractivity contribution < 1.29 is 9.90 Å². The zero-order valence-electron chi connectivity index (χ0n) is 22.2. The minimum Gasteiger partial charge on any atom is -0.507 e. The lowest BCUT2D eigenvalue weighted by molar-refractivity contribution is 0.102. The molecule has 0 atom stereocenters. The van der Waals surface area contributed by atoms with Crippen molar-refractivity contribution >= 4 is 34.2 Å². The van der Waals surface area contributed by atoms with Gasteiger partial charge in [0.2, 0.25) is 0 Å². The number of aromatic hydroxyl groups is 1. The van der Waals surface area contributed by atoms with E-state index in [9.17, 15) is 9.90 Å². The maximum absolute atomic E-state index is 13.0. The topological polar surface area (TPSA) is 84.5 Å². The number of piperazine rings is 1. The molecule has 0 radical (unpaired) electrons. The minimum atomic E-state index is -0.198. The molecule has 1 amide bonds. The first-order chi connectivity index (χ1) is 19.4. The van der Waals surface area contributed by atoms with Crippen LogP contribution in [0, 0.1) is 0 Å². The van der Waals surface area contributed by atoms with Crippen LogP contribution < -0.4 is 5.32 Å². The molecule has 8 heteroatoms. The zero-order valence-corrected chi connectivity index (χ0v) is 22.9. The molecule has 3 N–H and O–H groups in total. The fraction of sp³-hybridized carbons (Fsp3) is 0.188. The smallest absolute Gasteiger partial charge is 0.255 e. The number of fused-ring (bicyclic) bond motifs is 1. The highest BCUT2D eigenvalue weighted by molar-refractivity contribution is 6.30. The molecule has 1 fully saturated rings. The highest BCUT2D eigenvalue weighted by Crippen LogP contribution is 2.34. The third-order valence-corrected chi connectivity index (χ3v) is 7.60. The Kier molecular flexibility index (Phi) is 7.26. The number of likely N-dealkylation sites (N-methyl/N-ethyl adjacent to an activating group) is 1. The SMILES string of the molecule is CN1CCN(Cc2ccc(NC(=O)c3ccc4nc(-c5cc(-c6cccc(Cl)c6)ccc5O)[nH]c4c3)cc2)CC1. The van der Waals surface area contributed by atoms with Gasteiger partial charge in [-0.2, -0.15) is 0 Å². The van der Waals surface area contributed by atoms with E-state index in [1.807, 2.05) is 48.5 Å². The van der Waals surface area contributed by atoms with Crippen molar-refractivity contribution in [1.29, 1.82) is 0 Å². The molecule has 40 heavy (non-hydrogen) atoms. The average Bonchev–Trinajstić information content (AvgIpc) is 3.39. The summed E-state index contributed by atoms with van der Waals surface area (Å²) in [5.41, 5.74) is 6.32. The van der Waals surface area contributed by atoms with Crippen LogP contribution in [0.1, 0.15) is 15.9 Å². The molecule has 7 nitrogen and oxygen atoms in total. The van der Waals surface area contributed by atoms with Crippen molar-refractivity contribution in [2.24, 2.45) is 0 Å². The van der Waals surface area contributed by atoms with E-state index >= 15 is 0 Å². The van der Waals surface area contributed by atoms with Crippen molar-refractivity contribution in [3.8, 4) is 28.3 Å². The molecule has 0 unspecified atom stereocenters. The van der Waals surface area contributed by atoms with Crippen molar-refractivity contribution in [3.05, 3.63) is 101 Å². The van der Waals surface area contributed by atoms with Gasteiger partial charge in [-0.15, -0.1) is 0 Å². The number of phenolic OH excluding ortho intramolecular Hbond substituents is 1. The number of hydrogen-bond acceptors (Lipinski definition) is 5. The van der Waals surface area contributed by atoms with Gasteiger partial charge in [-0.25, -0.2) is 4.98 Å².